The van der Waals surface area contributed by atoms with Gasteiger partial charge in [-0.1, -0.05) is 19.8 Å². The summed E-state index contributed by atoms with van der Waals surface area (Å²) in [4.78, 5) is 15.7. The van der Waals surface area contributed by atoms with E-state index in [2.05, 4.69) is 11.9 Å². The minimum atomic E-state index is -0.849. The Hall–Kier alpha value is -1.42. The second kappa shape index (κ2) is 7.11. The lowest BCUT2D eigenvalue weighted by Gasteiger charge is -2.21. The Morgan fingerprint density at radius 1 is 1.56 bits per heavy atom. The van der Waals surface area contributed by atoms with Crippen LogP contribution in [0.25, 0.3) is 0 Å². The molecule has 0 aliphatic carbocycles. The first kappa shape index (κ1) is 14.6. The Labute approximate surface area is 108 Å². The van der Waals surface area contributed by atoms with Gasteiger partial charge in [-0.15, -0.1) is 0 Å². The zero-order chi connectivity index (χ0) is 13.5. The van der Waals surface area contributed by atoms with E-state index in [0.717, 1.165) is 18.4 Å². The van der Waals surface area contributed by atoms with Crippen molar-refractivity contribution in [3.63, 3.8) is 0 Å². The number of ether oxygens (including phenoxy) is 1. The summed E-state index contributed by atoms with van der Waals surface area (Å²) < 4.78 is 4.77. The van der Waals surface area contributed by atoms with Crippen LogP contribution >= 0.6 is 0 Å². The molecule has 0 spiro atoms. The van der Waals surface area contributed by atoms with Crippen molar-refractivity contribution in [2.75, 3.05) is 7.11 Å². The van der Waals surface area contributed by atoms with Crippen LogP contribution in [0.5, 0.6) is 0 Å². The summed E-state index contributed by atoms with van der Waals surface area (Å²) in [5, 5.41) is 10.3. The smallest absolute Gasteiger partial charge is 0.311 e. The molecule has 0 amide bonds. The number of aryl methyl sites for hydroxylation is 1. The predicted molar refractivity (Wildman–Crippen MR) is 69.0 cm³/mol. The first-order valence-electron chi connectivity index (χ1n) is 6.28. The van der Waals surface area contributed by atoms with Crippen LogP contribution in [0, 0.1) is 12.8 Å². The zero-order valence-corrected chi connectivity index (χ0v) is 11.2. The van der Waals surface area contributed by atoms with Gasteiger partial charge >= 0.3 is 5.97 Å². The van der Waals surface area contributed by atoms with Crippen LogP contribution in [0.3, 0.4) is 0 Å². The summed E-state index contributed by atoms with van der Waals surface area (Å²) in [7, 11) is 1.35. The Morgan fingerprint density at radius 2 is 2.28 bits per heavy atom. The van der Waals surface area contributed by atoms with Crippen molar-refractivity contribution in [2.24, 2.45) is 5.92 Å². The van der Waals surface area contributed by atoms with Gasteiger partial charge in [0.05, 0.1) is 19.1 Å². The van der Waals surface area contributed by atoms with Crippen LogP contribution in [0.4, 0.5) is 0 Å². The van der Waals surface area contributed by atoms with Crippen molar-refractivity contribution in [1.29, 1.82) is 0 Å². The second-order valence-electron chi connectivity index (χ2n) is 4.45. The first-order chi connectivity index (χ1) is 8.61. The zero-order valence-electron chi connectivity index (χ0n) is 11.2. The monoisotopic (exact) mass is 251 g/mol. The molecule has 18 heavy (non-hydrogen) atoms. The predicted octanol–water partition coefficient (Wildman–Crippen LogP) is 2.40. The van der Waals surface area contributed by atoms with Crippen molar-refractivity contribution in [3.8, 4) is 0 Å². The summed E-state index contributed by atoms with van der Waals surface area (Å²) in [5.74, 6) is -0.878. The van der Waals surface area contributed by atoms with Crippen LogP contribution in [-0.2, 0) is 9.53 Å². The lowest BCUT2D eigenvalue weighted by molar-refractivity contribution is -0.150. The molecule has 1 aromatic rings. The average molecular weight is 251 g/mol. The van der Waals surface area contributed by atoms with E-state index in [9.17, 15) is 9.90 Å². The van der Waals surface area contributed by atoms with E-state index in [0.29, 0.717) is 12.0 Å². The Morgan fingerprint density at radius 3 is 2.83 bits per heavy atom. The number of carbonyl (C=O) groups is 1. The van der Waals surface area contributed by atoms with Gasteiger partial charge in [-0.25, -0.2) is 0 Å². The van der Waals surface area contributed by atoms with Gasteiger partial charge in [0.2, 0.25) is 0 Å². The third kappa shape index (κ3) is 3.53. The van der Waals surface area contributed by atoms with Crippen molar-refractivity contribution in [2.45, 2.75) is 39.2 Å². The highest BCUT2D eigenvalue weighted by molar-refractivity contribution is 5.73. The summed E-state index contributed by atoms with van der Waals surface area (Å²) in [6.07, 6.45) is 4.92. The quantitative estimate of drug-likeness (QED) is 0.789. The van der Waals surface area contributed by atoms with Crippen molar-refractivity contribution >= 4 is 5.97 Å². The van der Waals surface area contributed by atoms with Crippen molar-refractivity contribution in [1.82, 2.24) is 4.98 Å². The lowest BCUT2D eigenvalue weighted by atomic mass is 9.90. The number of unbranched alkanes of at least 4 members (excludes halogenated alkanes) is 1. The van der Waals surface area contributed by atoms with E-state index in [1.54, 1.807) is 12.4 Å². The Kier molecular flexibility index (Phi) is 5.78. The van der Waals surface area contributed by atoms with Gasteiger partial charge in [0, 0.05) is 18.0 Å². The molecule has 4 heteroatoms. The van der Waals surface area contributed by atoms with Gasteiger partial charge in [0.1, 0.15) is 0 Å². The Bertz CT molecular complexity index is 392. The maximum absolute atomic E-state index is 11.7. The molecule has 1 N–H and O–H groups in total. The van der Waals surface area contributed by atoms with Crippen molar-refractivity contribution < 1.29 is 14.6 Å². The number of hydrogen-bond donors (Lipinski definition) is 1. The van der Waals surface area contributed by atoms with Crippen LogP contribution < -0.4 is 0 Å². The molecule has 2 unspecified atom stereocenters. The number of nitrogens with zero attached hydrogens (tertiary/aromatic N) is 1. The number of aliphatic hydroxyl groups is 1. The third-order valence-corrected chi connectivity index (χ3v) is 3.15. The SMILES string of the molecule is CCCCC(C(=O)OC)C(O)c1cnccc1C. The molecule has 0 fully saturated rings. The van der Waals surface area contributed by atoms with E-state index in [1.807, 2.05) is 13.0 Å². The molecular formula is C14H21NO3. The number of aromatic nitrogens is 1. The molecule has 0 aliphatic heterocycles. The Balaban J connectivity index is 2.91. The number of esters is 1. The topological polar surface area (TPSA) is 59.4 Å². The molecule has 0 radical (unpaired) electrons. The summed E-state index contributed by atoms with van der Waals surface area (Å²) in [6.45, 7) is 3.95. The second-order valence-corrected chi connectivity index (χ2v) is 4.45. The molecule has 4 nitrogen and oxygen atoms in total. The molecule has 0 saturated heterocycles. The number of rotatable bonds is 6. The lowest BCUT2D eigenvalue weighted by Crippen LogP contribution is -2.24. The summed E-state index contributed by atoms with van der Waals surface area (Å²) >= 11 is 0. The third-order valence-electron chi connectivity index (χ3n) is 3.15. The number of aliphatic hydroxyl groups excluding tert-OH is 1. The molecule has 0 aliphatic rings. The average Bonchev–Trinajstić information content (AvgIpc) is 2.39. The summed E-state index contributed by atoms with van der Waals surface area (Å²) in [6, 6.07) is 1.83. The number of hydrogen-bond acceptors (Lipinski definition) is 4. The molecule has 1 heterocycles. The number of pyridine rings is 1. The largest absolute Gasteiger partial charge is 0.469 e. The minimum Gasteiger partial charge on any atom is -0.469 e. The standard InChI is InChI=1S/C14H21NO3/c1-4-5-6-11(14(17)18-3)13(16)12-9-15-8-7-10(12)2/h7-9,11,13,16H,4-6H2,1-3H3. The molecule has 2 atom stereocenters. The highest BCUT2D eigenvalue weighted by Crippen LogP contribution is 2.28. The van der Waals surface area contributed by atoms with Gasteiger partial charge in [-0.2, -0.15) is 0 Å². The van der Waals surface area contributed by atoms with E-state index >= 15 is 0 Å². The molecule has 0 saturated carbocycles. The van der Waals surface area contributed by atoms with E-state index in [4.69, 9.17) is 4.74 Å². The van der Waals surface area contributed by atoms with Crippen molar-refractivity contribution in [3.05, 3.63) is 29.6 Å². The fourth-order valence-corrected chi connectivity index (χ4v) is 1.98. The molecular weight excluding hydrogens is 230 g/mol. The molecule has 100 valence electrons. The maximum atomic E-state index is 11.7. The van der Waals surface area contributed by atoms with Gasteiger partial charge in [-0.05, 0) is 25.0 Å². The van der Waals surface area contributed by atoms with Gasteiger partial charge in [-0.3, -0.25) is 9.78 Å². The highest BCUT2D eigenvalue weighted by Gasteiger charge is 2.29. The van der Waals surface area contributed by atoms with Gasteiger partial charge < -0.3 is 9.84 Å². The fraction of sp³-hybridized carbons (Fsp3) is 0.571. The molecule has 1 aromatic heterocycles. The molecule has 0 bridgehead atoms. The van der Waals surface area contributed by atoms with Crippen LogP contribution in [0.15, 0.2) is 18.5 Å². The van der Waals surface area contributed by atoms with Crippen LogP contribution in [0.1, 0.15) is 43.4 Å². The van der Waals surface area contributed by atoms with E-state index < -0.39 is 12.0 Å². The van der Waals surface area contributed by atoms with Gasteiger partial charge in [0.15, 0.2) is 0 Å². The number of methoxy groups -OCH3 is 1. The highest BCUT2D eigenvalue weighted by atomic mass is 16.5. The van der Waals surface area contributed by atoms with Crippen LogP contribution in [-0.4, -0.2) is 23.2 Å². The first-order valence-corrected chi connectivity index (χ1v) is 6.28. The summed E-state index contributed by atoms with van der Waals surface area (Å²) in [5.41, 5.74) is 1.63. The van der Waals surface area contributed by atoms with E-state index in [-0.39, 0.29) is 5.97 Å². The van der Waals surface area contributed by atoms with Crippen LogP contribution in [0.2, 0.25) is 0 Å². The fourth-order valence-electron chi connectivity index (χ4n) is 1.98. The maximum Gasteiger partial charge on any atom is 0.311 e. The van der Waals surface area contributed by atoms with E-state index in [1.165, 1.54) is 7.11 Å². The normalized spacial score (nSPS) is 14.0. The number of carbonyl (C=O) groups excluding carboxylic acids is 1. The molecule has 1 rings (SSSR count). The van der Waals surface area contributed by atoms with Gasteiger partial charge in [0.25, 0.3) is 0 Å². The molecule has 0 aromatic carbocycles. The minimum absolute atomic E-state index is 0.362.